The molecular weight excluding hydrogens is 295 g/mol. The number of benzene rings is 1. The Labute approximate surface area is 116 Å². The van der Waals surface area contributed by atoms with E-state index in [4.69, 9.17) is 5.73 Å². The van der Waals surface area contributed by atoms with Gasteiger partial charge in [0.05, 0.1) is 0 Å². The molecule has 0 radical (unpaired) electrons. The van der Waals surface area contributed by atoms with Crippen LogP contribution in [0.1, 0.15) is 25.8 Å². The highest BCUT2D eigenvalue weighted by Crippen LogP contribution is 2.29. The third-order valence-corrected chi connectivity index (χ3v) is 4.54. The maximum Gasteiger partial charge on any atom is 0.124 e. The lowest BCUT2D eigenvalue weighted by atomic mass is 9.79. The SMILES string of the molecule is CC1(C)CN(Cc2ccc(F)cc2Br)CCC1N. The van der Waals surface area contributed by atoms with Gasteiger partial charge in [0.2, 0.25) is 0 Å². The van der Waals surface area contributed by atoms with E-state index in [1.807, 2.05) is 6.07 Å². The molecule has 1 aromatic rings. The van der Waals surface area contributed by atoms with Crippen LogP contribution in [0.15, 0.2) is 22.7 Å². The normalized spacial score (nSPS) is 24.2. The molecule has 1 heterocycles. The molecule has 18 heavy (non-hydrogen) atoms. The van der Waals surface area contributed by atoms with E-state index in [1.165, 1.54) is 12.1 Å². The van der Waals surface area contributed by atoms with Crippen molar-refractivity contribution in [2.75, 3.05) is 13.1 Å². The van der Waals surface area contributed by atoms with E-state index < -0.39 is 0 Å². The molecular formula is C14H20BrFN2. The van der Waals surface area contributed by atoms with E-state index in [9.17, 15) is 4.39 Å². The number of nitrogens with zero attached hydrogens (tertiary/aromatic N) is 1. The molecule has 2 N–H and O–H groups in total. The van der Waals surface area contributed by atoms with Gasteiger partial charge in [-0.3, -0.25) is 4.90 Å². The third-order valence-electron chi connectivity index (χ3n) is 3.80. The van der Waals surface area contributed by atoms with Gasteiger partial charge in [-0.25, -0.2) is 4.39 Å². The second kappa shape index (κ2) is 5.27. The van der Waals surface area contributed by atoms with Crippen LogP contribution in [-0.4, -0.2) is 24.0 Å². The second-order valence-electron chi connectivity index (χ2n) is 5.83. The van der Waals surface area contributed by atoms with Crippen molar-refractivity contribution in [2.45, 2.75) is 32.9 Å². The summed E-state index contributed by atoms with van der Waals surface area (Å²) in [6, 6.07) is 5.16. The Bertz CT molecular complexity index is 434. The Balaban J connectivity index is 2.06. The fourth-order valence-electron chi connectivity index (χ4n) is 2.51. The van der Waals surface area contributed by atoms with Crippen LogP contribution < -0.4 is 5.73 Å². The van der Waals surface area contributed by atoms with Gasteiger partial charge in [-0.1, -0.05) is 35.8 Å². The number of hydrogen-bond acceptors (Lipinski definition) is 2. The van der Waals surface area contributed by atoms with Crippen LogP contribution in [0.5, 0.6) is 0 Å². The Morgan fingerprint density at radius 3 is 2.83 bits per heavy atom. The lowest BCUT2D eigenvalue weighted by molar-refractivity contribution is 0.0897. The summed E-state index contributed by atoms with van der Waals surface area (Å²) in [7, 11) is 0. The number of nitrogens with two attached hydrogens (primary N) is 1. The first-order valence-electron chi connectivity index (χ1n) is 6.30. The number of likely N-dealkylation sites (tertiary alicyclic amines) is 1. The molecule has 1 aromatic carbocycles. The zero-order chi connectivity index (χ0) is 13.3. The van der Waals surface area contributed by atoms with Crippen molar-refractivity contribution >= 4 is 15.9 Å². The predicted molar refractivity (Wildman–Crippen MR) is 75.8 cm³/mol. The first-order valence-corrected chi connectivity index (χ1v) is 7.10. The van der Waals surface area contributed by atoms with Gasteiger partial charge < -0.3 is 5.73 Å². The minimum Gasteiger partial charge on any atom is -0.327 e. The lowest BCUT2D eigenvalue weighted by Gasteiger charge is -2.42. The van der Waals surface area contributed by atoms with Crippen molar-refractivity contribution < 1.29 is 4.39 Å². The molecule has 100 valence electrons. The summed E-state index contributed by atoms with van der Waals surface area (Å²) in [5.74, 6) is -0.202. The van der Waals surface area contributed by atoms with E-state index in [0.29, 0.717) is 0 Å². The summed E-state index contributed by atoms with van der Waals surface area (Å²) in [5.41, 5.74) is 7.40. The Morgan fingerprint density at radius 2 is 2.22 bits per heavy atom. The van der Waals surface area contributed by atoms with Crippen LogP contribution in [0.3, 0.4) is 0 Å². The van der Waals surface area contributed by atoms with Crippen LogP contribution >= 0.6 is 15.9 Å². The molecule has 1 fully saturated rings. The van der Waals surface area contributed by atoms with E-state index >= 15 is 0 Å². The lowest BCUT2D eigenvalue weighted by Crippen LogP contribution is -2.52. The van der Waals surface area contributed by atoms with Crippen LogP contribution in [0.4, 0.5) is 4.39 Å². The fraction of sp³-hybridized carbons (Fsp3) is 0.571. The minimum atomic E-state index is -0.202. The first kappa shape index (κ1) is 14.0. The zero-order valence-electron chi connectivity index (χ0n) is 10.9. The smallest absolute Gasteiger partial charge is 0.124 e. The summed E-state index contributed by atoms with van der Waals surface area (Å²) in [5, 5.41) is 0. The van der Waals surface area contributed by atoms with Crippen molar-refractivity contribution in [3.63, 3.8) is 0 Å². The number of halogens is 2. The molecule has 0 spiro atoms. The highest BCUT2D eigenvalue weighted by Gasteiger charge is 2.33. The second-order valence-corrected chi connectivity index (χ2v) is 6.68. The van der Waals surface area contributed by atoms with E-state index in [2.05, 4.69) is 34.7 Å². The average molecular weight is 315 g/mol. The Hall–Kier alpha value is -0.450. The minimum absolute atomic E-state index is 0.144. The molecule has 1 aliphatic heterocycles. The van der Waals surface area contributed by atoms with E-state index in [0.717, 1.165) is 36.1 Å². The molecule has 0 aromatic heterocycles. The number of rotatable bonds is 2. The molecule has 2 nitrogen and oxygen atoms in total. The van der Waals surface area contributed by atoms with Gasteiger partial charge in [-0.05, 0) is 29.5 Å². The Kier molecular flexibility index (Phi) is 4.09. The van der Waals surface area contributed by atoms with Gasteiger partial charge in [0.1, 0.15) is 5.82 Å². The first-order chi connectivity index (χ1) is 8.38. The van der Waals surface area contributed by atoms with Gasteiger partial charge in [-0.15, -0.1) is 0 Å². The molecule has 0 aliphatic carbocycles. The van der Waals surface area contributed by atoms with Crippen molar-refractivity contribution in [3.05, 3.63) is 34.1 Å². The van der Waals surface area contributed by atoms with Gasteiger partial charge in [-0.2, -0.15) is 0 Å². The average Bonchev–Trinajstić information content (AvgIpc) is 2.27. The van der Waals surface area contributed by atoms with Crippen LogP contribution in [0, 0.1) is 11.2 Å². The maximum absolute atomic E-state index is 13.0. The largest absolute Gasteiger partial charge is 0.327 e. The molecule has 0 amide bonds. The summed E-state index contributed by atoms with van der Waals surface area (Å²) in [6.45, 7) is 7.26. The number of piperidine rings is 1. The molecule has 1 atom stereocenters. The van der Waals surface area contributed by atoms with Crippen molar-refractivity contribution in [1.82, 2.24) is 4.90 Å². The van der Waals surface area contributed by atoms with Gasteiger partial charge in [0, 0.05) is 30.1 Å². The van der Waals surface area contributed by atoms with Crippen LogP contribution in [0.2, 0.25) is 0 Å². The Morgan fingerprint density at radius 1 is 1.50 bits per heavy atom. The summed E-state index contributed by atoms with van der Waals surface area (Å²) >= 11 is 3.42. The van der Waals surface area contributed by atoms with Crippen LogP contribution in [0.25, 0.3) is 0 Å². The van der Waals surface area contributed by atoms with Crippen molar-refractivity contribution in [1.29, 1.82) is 0 Å². The predicted octanol–water partition coefficient (Wildman–Crippen LogP) is 3.15. The molecule has 1 unspecified atom stereocenters. The molecule has 0 saturated carbocycles. The molecule has 4 heteroatoms. The van der Waals surface area contributed by atoms with Crippen LogP contribution in [-0.2, 0) is 6.54 Å². The van der Waals surface area contributed by atoms with E-state index in [1.54, 1.807) is 0 Å². The molecule has 0 bridgehead atoms. The zero-order valence-corrected chi connectivity index (χ0v) is 12.5. The van der Waals surface area contributed by atoms with Gasteiger partial charge in [0.15, 0.2) is 0 Å². The summed E-state index contributed by atoms with van der Waals surface area (Å²) in [6.07, 6.45) is 1.02. The topological polar surface area (TPSA) is 29.3 Å². The highest BCUT2D eigenvalue weighted by molar-refractivity contribution is 9.10. The monoisotopic (exact) mass is 314 g/mol. The fourth-order valence-corrected chi connectivity index (χ4v) is 2.99. The van der Waals surface area contributed by atoms with Gasteiger partial charge in [0.25, 0.3) is 0 Å². The van der Waals surface area contributed by atoms with Gasteiger partial charge >= 0.3 is 0 Å². The van der Waals surface area contributed by atoms with Crippen molar-refractivity contribution in [3.8, 4) is 0 Å². The third kappa shape index (κ3) is 3.11. The standard InChI is InChI=1S/C14H20BrFN2/c1-14(2)9-18(6-5-13(14)17)8-10-3-4-11(16)7-12(10)15/h3-4,7,13H,5-6,8-9,17H2,1-2H3. The van der Waals surface area contributed by atoms with Crippen molar-refractivity contribution in [2.24, 2.45) is 11.1 Å². The summed E-state index contributed by atoms with van der Waals surface area (Å²) in [4.78, 5) is 2.39. The molecule has 1 aliphatic rings. The quantitative estimate of drug-likeness (QED) is 0.908. The summed E-state index contributed by atoms with van der Waals surface area (Å²) < 4.78 is 13.9. The maximum atomic E-state index is 13.0. The molecule has 1 saturated heterocycles. The van der Waals surface area contributed by atoms with E-state index in [-0.39, 0.29) is 17.3 Å². The number of hydrogen-bond donors (Lipinski definition) is 1. The molecule has 2 rings (SSSR count). The highest BCUT2D eigenvalue weighted by atomic mass is 79.9.